The summed E-state index contributed by atoms with van der Waals surface area (Å²) in [6, 6.07) is 0. The van der Waals surface area contributed by atoms with Crippen molar-refractivity contribution in [3.8, 4) is 0 Å². The molecule has 12 heavy (non-hydrogen) atoms. The van der Waals surface area contributed by atoms with Crippen LogP contribution in [-0.2, 0) is 0 Å². The Morgan fingerprint density at radius 2 is 1.92 bits per heavy atom. The molecule has 2 heteroatoms. The quantitative estimate of drug-likeness (QED) is 0.460. The first-order valence-electron chi connectivity index (χ1n) is 4.91. The van der Waals surface area contributed by atoms with E-state index in [2.05, 4.69) is 43.6 Å². The van der Waals surface area contributed by atoms with Crippen molar-refractivity contribution in [1.82, 2.24) is 0 Å². The lowest BCUT2D eigenvalue weighted by atomic mass is 9.96. The number of fused-ring (bicyclic) bond motifs is 2. The molecule has 0 saturated carbocycles. The molecule has 3 aliphatic rings. The Hall–Kier alpha value is 0.307. The van der Waals surface area contributed by atoms with Crippen molar-refractivity contribution in [3.63, 3.8) is 0 Å². The molecule has 2 heterocycles. The zero-order valence-corrected chi connectivity index (χ0v) is 10.0. The molecule has 2 bridgehead atoms. The normalized spacial score (nSPS) is 40.4. The van der Waals surface area contributed by atoms with Gasteiger partial charge in [-0.3, -0.25) is 0 Å². The topological polar surface area (TPSA) is 0 Å². The molecule has 0 aromatic carbocycles. The fourth-order valence-electron chi connectivity index (χ4n) is 2.32. The Morgan fingerprint density at radius 3 is 2.17 bits per heavy atom. The molecular formula is C10H18SSi. The van der Waals surface area contributed by atoms with E-state index in [9.17, 15) is 0 Å². The second kappa shape index (κ2) is 2.91. The van der Waals surface area contributed by atoms with E-state index in [0.29, 0.717) is 0 Å². The maximum absolute atomic E-state index is 2.51. The molecule has 0 aromatic rings. The van der Waals surface area contributed by atoms with Crippen LogP contribution in [0, 0.1) is 5.92 Å². The van der Waals surface area contributed by atoms with Crippen LogP contribution in [-0.4, -0.2) is 18.2 Å². The average molecular weight is 198 g/mol. The van der Waals surface area contributed by atoms with Crippen LogP contribution in [0.5, 0.6) is 0 Å². The third-order valence-corrected chi connectivity index (χ3v) is 8.97. The van der Waals surface area contributed by atoms with Crippen LogP contribution >= 0.6 is 11.8 Å². The molecular weight excluding hydrogens is 180 g/mol. The van der Waals surface area contributed by atoms with Gasteiger partial charge in [0.1, 0.15) is 0 Å². The number of thioether (sulfide) groups is 1. The van der Waals surface area contributed by atoms with Gasteiger partial charge in [-0.25, -0.2) is 0 Å². The Bertz CT molecular complexity index is 204. The summed E-state index contributed by atoms with van der Waals surface area (Å²) < 4.78 is 0. The van der Waals surface area contributed by atoms with E-state index < -0.39 is 8.07 Å². The minimum Gasteiger partial charge on any atom is -0.153 e. The zero-order valence-electron chi connectivity index (χ0n) is 8.21. The summed E-state index contributed by atoms with van der Waals surface area (Å²) in [5.74, 6) is 0.923. The highest BCUT2D eigenvalue weighted by atomic mass is 32.2. The smallest absolute Gasteiger partial charge is 0.0595 e. The number of allylic oxidation sites excluding steroid dienone is 1. The highest BCUT2D eigenvalue weighted by molar-refractivity contribution is 8.02. The lowest BCUT2D eigenvalue weighted by Crippen LogP contribution is -2.45. The van der Waals surface area contributed by atoms with Crippen molar-refractivity contribution in [3.05, 3.63) is 12.2 Å². The summed E-state index contributed by atoms with van der Waals surface area (Å²) in [4.78, 5) is 1.00. The third kappa shape index (κ3) is 1.51. The van der Waals surface area contributed by atoms with Crippen molar-refractivity contribution in [2.45, 2.75) is 42.6 Å². The lowest BCUT2D eigenvalue weighted by Gasteiger charge is -2.43. The number of hydrogen-bond donors (Lipinski definition) is 0. The molecule has 0 unspecified atom stereocenters. The molecule has 0 amide bonds. The fraction of sp³-hybridized carbons (Fsp3) is 0.800. The van der Waals surface area contributed by atoms with Gasteiger partial charge >= 0.3 is 0 Å². The van der Waals surface area contributed by atoms with E-state index in [-0.39, 0.29) is 0 Å². The molecule has 3 rings (SSSR count). The largest absolute Gasteiger partial charge is 0.153 e. The highest BCUT2D eigenvalue weighted by Crippen LogP contribution is 2.45. The summed E-state index contributed by atoms with van der Waals surface area (Å²) in [7, 11) is -0.898. The van der Waals surface area contributed by atoms with Gasteiger partial charge in [-0.15, -0.1) is 0 Å². The first-order valence-corrected chi connectivity index (χ1v) is 9.43. The van der Waals surface area contributed by atoms with Crippen molar-refractivity contribution >= 4 is 19.8 Å². The molecule has 68 valence electrons. The van der Waals surface area contributed by atoms with Gasteiger partial charge in [0, 0.05) is 10.1 Å². The molecule has 3 atom stereocenters. The van der Waals surface area contributed by atoms with Crippen LogP contribution in [0.2, 0.25) is 19.6 Å². The van der Waals surface area contributed by atoms with Gasteiger partial charge in [-0.2, -0.15) is 11.8 Å². The second-order valence-electron chi connectivity index (χ2n) is 5.09. The van der Waals surface area contributed by atoms with Crippen LogP contribution in [0.15, 0.2) is 12.2 Å². The van der Waals surface area contributed by atoms with Crippen LogP contribution in [0.3, 0.4) is 0 Å². The van der Waals surface area contributed by atoms with E-state index in [1.807, 2.05) is 0 Å². The van der Waals surface area contributed by atoms with Crippen LogP contribution in [0.25, 0.3) is 0 Å². The molecule has 1 aliphatic carbocycles. The predicted octanol–water partition coefficient (Wildman–Crippen LogP) is 3.31. The SMILES string of the molecule is C[Si](C)(C)[C@H]1S[C@H]2C=C[C@@H]1CC2. The van der Waals surface area contributed by atoms with Crippen LogP contribution < -0.4 is 0 Å². The Morgan fingerprint density at radius 1 is 1.17 bits per heavy atom. The standard InChI is InChI=1S/C10H18SSi/c1-12(2,3)10-8-4-6-9(11-10)7-5-8/h4,6,8-10H,5,7H2,1-3H3/t8-,9+,10-/m1/s1. The monoisotopic (exact) mass is 198 g/mol. The number of hydrogen-bond acceptors (Lipinski definition) is 1. The van der Waals surface area contributed by atoms with Gasteiger partial charge in [0.2, 0.25) is 0 Å². The van der Waals surface area contributed by atoms with Crippen molar-refractivity contribution in [2.24, 2.45) is 5.92 Å². The first kappa shape index (κ1) is 8.89. The molecule has 0 spiro atoms. The maximum Gasteiger partial charge on any atom is 0.0595 e. The van der Waals surface area contributed by atoms with Crippen LogP contribution in [0.4, 0.5) is 0 Å². The third-order valence-electron chi connectivity index (χ3n) is 2.92. The Kier molecular flexibility index (Phi) is 2.16. The average Bonchev–Trinajstić information content (AvgIpc) is 2.05. The summed E-state index contributed by atoms with van der Waals surface area (Å²) in [6.07, 6.45) is 7.83. The summed E-state index contributed by atoms with van der Waals surface area (Å²) in [5, 5.41) is 0.867. The van der Waals surface area contributed by atoms with Gasteiger partial charge in [0.05, 0.1) is 8.07 Å². The molecule has 0 radical (unpaired) electrons. The van der Waals surface area contributed by atoms with E-state index in [0.717, 1.165) is 16.0 Å². The second-order valence-corrected chi connectivity index (χ2v) is 12.2. The summed E-state index contributed by atoms with van der Waals surface area (Å²) in [5.41, 5.74) is 0. The summed E-state index contributed by atoms with van der Waals surface area (Å²) in [6.45, 7) is 7.54. The van der Waals surface area contributed by atoms with E-state index in [1.165, 1.54) is 12.8 Å². The number of rotatable bonds is 1. The van der Waals surface area contributed by atoms with Gasteiger partial charge in [-0.1, -0.05) is 31.8 Å². The molecule has 1 fully saturated rings. The molecule has 1 saturated heterocycles. The van der Waals surface area contributed by atoms with Crippen molar-refractivity contribution < 1.29 is 0 Å². The molecule has 0 nitrogen and oxygen atoms in total. The lowest BCUT2D eigenvalue weighted by molar-refractivity contribution is 0.548. The Labute approximate surface area is 80.8 Å². The van der Waals surface area contributed by atoms with Gasteiger partial charge in [-0.05, 0) is 18.8 Å². The maximum atomic E-state index is 2.51. The van der Waals surface area contributed by atoms with E-state index in [1.54, 1.807) is 0 Å². The van der Waals surface area contributed by atoms with E-state index in [4.69, 9.17) is 0 Å². The van der Waals surface area contributed by atoms with E-state index >= 15 is 0 Å². The predicted molar refractivity (Wildman–Crippen MR) is 60.4 cm³/mol. The molecule has 2 aliphatic heterocycles. The molecule has 0 aromatic heterocycles. The minimum absolute atomic E-state index is 0.867. The first-order chi connectivity index (χ1) is 5.57. The van der Waals surface area contributed by atoms with Gasteiger partial charge in [0.15, 0.2) is 0 Å². The highest BCUT2D eigenvalue weighted by Gasteiger charge is 2.39. The zero-order chi connectivity index (χ0) is 8.77. The van der Waals surface area contributed by atoms with Crippen molar-refractivity contribution in [1.29, 1.82) is 0 Å². The Balaban J connectivity index is 2.16. The molecule has 0 N–H and O–H groups in total. The van der Waals surface area contributed by atoms with Gasteiger partial charge < -0.3 is 0 Å². The van der Waals surface area contributed by atoms with Crippen LogP contribution in [0.1, 0.15) is 12.8 Å². The fourth-order valence-corrected chi connectivity index (χ4v) is 7.30. The van der Waals surface area contributed by atoms with Gasteiger partial charge in [0.25, 0.3) is 0 Å². The minimum atomic E-state index is -0.898. The summed E-state index contributed by atoms with van der Waals surface area (Å²) >= 11 is 2.26. The van der Waals surface area contributed by atoms with Crippen molar-refractivity contribution in [2.75, 3.05) is 0 Å².